The van der Waals surface area contributed by atoms with Crippen molar-refractivity contribution in [2.24, 2.45) is 0 Å². The van der Waals surface area contributed by atoms with Crippen molar-refractivity contribution in [1.82, 2.24) is 0 Å². The number of phosphoric acid groups is 1. The van der Waals surface area contributed by atoms with Gasteiger partial charge in [0.15, 0.2) is 0 Å². The van der Waals surface area contributed by atoms with E-state index in [1.54, 1.807) is 0 Å². The van der Waals surface area contributed by atoms with Gasteiger partial charge in [0.05, 0.1) is 34.4 Å². The minimum absolute atomic E-state index is 0.0853. The summed E-state index contributed by atoms with van der Waals surface area (Å²) in [5.74, 6) is -0.322. The van der Waals surface area contributed by atoms with Gasteiger partial charge >= 0.3 is 13.8 Å². The molecule has 0 aromatic heterocycles. The average Bonchev–Trinajstić information content (AvgIpc) is 3.20. The van der Waals surface area contributed by atoms with Crippen LogP contribution in [0.1, 0.15) is 213 Å². The molecule has 0 heterocycles. The monoisotopic (exact) mass is 867 g/mol. The first-order valence-corrected chi connectivity index (χ1v) is 26.4. The van der Waals surface area contributed by atoms with Crippen LogP contribution < -0.4 is 0 Å². The van der Waals surface area contributed by atoms with Crippen molar-refractivity contribution >= 4 is 13.8 Å². The molecule has 8 nitrogen and oxygen atoms in total. The Balaban J connectivity index is 4.18. The Hall–Kier alpha value is -1.54. The molecule has 0 radical (unpaired) electrons. The molecule has 2 atom stereocenters. The first-order chi connectivity index (χ1) is 29.1. The molecule has 0 amide bonds. The molecule has 352 valence electrons. The molecule has 2 unspecified atom stereocenters. The number of hydrogen-bond donors (Lipinski definition) is 1. The van der Waals surface area contributed by atoms with Crippen LogP contribution in [0.4, 0.5) is 0 Å². The van der Waals surface area contributed by atoms with Gasteiger partial charge < -0.3 is 18.9 Å². The molecule has 9 heteroatoms. The van der Waals surface area contributed by atoms with Crippen LogP contribution in [0.2, 0.25) is 0 Å². The number of quaternary nitrogens is 1. The maximum atomic E-state index is 12.7. The van der Waals surface area contributed by atoms with Gasteiger partial charge in [0.2, 0.25) is 0 Å². The topological polar surface area (TPSA) is 91.3 Å². The molecule has 0 aliphatic heterocycles. The highest BCUT2D eigenvalue weighted by Gasteiger charge is 2.26. The summed E-state index contributed by atoms with van der Waals surface area (Å²) in [7, 11) is 1.66. The molecular weight excluding hydrogens is 770 g/mol. The average molecular weight is 867 g/mol. The lowest BCUT2D eigenvalue weighted by molar-refractivity contribution is -0.870. The van der Waals surface area contributed by atoms with Crippen molar-refractivity contribution in [2.45, 2.75) is 219 Å². The number of likely N-dealkylation sites (N-methyl/N-ethyl adjacent to an activating group) is 1. The van der Waals surface area contributed by atoms with Crippen LogP contribution in [0.15, 0.2) is 48.6 Å². The number of nitrogens with zero attached hydrogens (tertiary/aromatic N) is 1. The van der Waals surface area contributed by atoms with E-state index >= 15 is 0 Å². The Labute approximate surface area is 371 Å². The molecule has 0 spiro atoms. The van der Waals surface area contributed by atoms with Gasteiger partial charge in [0.25, 0.3) is 0 Å². The van der Waals surface area contributed by atoms with Crippen LogP contribution in [0, 0.1) is 0 Å². The van der Waals surface area contributed by atoms with E-state index in [4.69, 9.17) is 18.5 Å². The van der Waals surface area contributed by atoms with Crippen LogP contribution in [0.3, 0.4) is 0 Å². The quantitative estimate of drug-likeness (QED) is 0.0214. The summed E-state index contributed by atoms with van der Waals surface area (Å²) >= 11 is 0. The van der Waals surface area contributed by atoms with Gasteiger partial charge in [-0.05, 0) is 77.0 Å². The molecule has 0 aliphatic carbocycles. The van der Waals surface area contributed by atoms with Crippen molar-refractivity contribution in [3.05, 3.63) is 48.6 Å². The van der Waals surface area contributed by atoms with Crippen LogP contribution in [-0.2, 0) is 27.9 Å². The largest absolute Gasteiger partial charge is 0.472 e. The molecule has 0 saturated carbocycles. The number of allylic oxidation sites excluding steroid dienone is 8. The number of esters is 1. The Morgan fingerprint density at radius 2 is 0.917 bits per heavy atom. The molecule has 0 bridgehead atoms. The molecule has 0 aromatic rings. The number of hydrogen-bond acceptors (Lipinski definition) is 6. The molecule has 0 rings (SSSR count). The Kier molecular flexibility index (Phi) is 43.0. The normalized spacial score (nSPS) is 14.0. The summed E-state index contributed by atoms with van der Waals surface area (Å²) < 4.78 is 35.1. The number of phosphoric ester groups is 1. The van der Waals surface area contributed by atoms with E-state index in [9.17, 15) is 14.3 Å². The third kappa shape index (κ3) is 47.5. The Morgan fingerprint density at radius 1 is 0.517 bits per heavy atom. The number of rotatable bonds is 46. The van der Waals surface area contributed by atoms with Crippen LogP contribution in [-0.4, -0.2) is 75.6 Å². The fourth-order valence-corrected chi connectivity index (χ4v) is 7.47. The van der Waals surface area contributed by atoms with E-state index < -0.39 is 13.9 Å². The van der Waals surface area contributed by atoms with Gasteiger partial charge in [-0.25, -0.2) is 4.57 Å². The van der Waals surface area contributed by atoms with Gasteiger partial charge in [-0.2, -0.15) is 0 Å². The van der Waals surface area contributed by atoms with Gasteiger partial charge in [0.1, 0.15) is 19.3 Å². The van der Waals surface area contributed by atoms with E-state index in [-0.39, 0.29) is 25.8 Å². The molecule has 0 saturated heterocycles. The number of unbranched alkanes of at least 4 members (excludes halogenated alkanes) is 24. The number of ether oxygens (including phenoxy) is 2. The van der Waals surface area contributed by atoms with E-state index in [0.717, 1.165) is 51.4 Å². The lowest BCUT2D eigenvalue weighted by atomic mass is 10.1. The smallest absolute Gasteiger partial charge is 0.457 e. The first-order valence-electron chi connectivity index (χ1n) is 24.9. The molecule has 0 aromatic carbocycles. The van der Waals surface area contributed by atoms with E-state index in [1.807, 2.05) is 21.1 Å². The lowest BCUT2D eigenvalue weighted by Gasteiger charge is -2.24. The fraction of sp³-hybridized carbons (Fsp3) is 0.824. The highest BCUT2D eigenvalue weighted by Crippen LogP contribution is 2.43. The van der Waals surface area contributed by atoms with Crippen molar-refractivity contribution in [3.8, 4) is 0 Å². The second kappa shape index (κ2) is 44.1. The summed E-state index contributed by atoms with van der Waals surface area (Å²) in [6.45, 7) is 5.58. The van der Waals surface area contributed by atoms with Crippen LogP contribution in [0.25, 0.3) is 0 Å². The SMILES string of the molecule is CCCCC/C=C\C/C=C\CCCCCCCCCCCCOCC(COP(=O)(O)OCC[N+](C)(C)C)OC(=O)CCCCCCCCC/C=C\C/C=C\CCCCCC. The van der Waals surface area contributed by atoms with Crippen molar-refractivity contribution in [1.29, 1.82) is 0 Å². The summed E-state index contributed by atoms with van der Waals surface area (Å²) in [6, 6.07) is 0. The highest BCUT2D eigenvalue weighted by atomic mass is 31.2. The van der Waals surface area contributed by atoms with E-state index in [0.29, 0.717) is 24.1 Å². The Morgan fingerprint density at radius 3 is 1.38 bits per heavy atom. The van der Waals surface area contributed by atoms with Crippen molar-refractivity contribution in [2.75, 3.05) is 54.1 Å². The summed E-state index contributed by atoms with van der Waals surface area (Å²) in [5.41, 5.74) is 0. The lowest BCUT2D eigenvalue weighted by Crippen LogP contribution is -2.37. The zero-order valence-corrected chi connectivity index (χ0v) is 40.8. The predicted molar refractivity (Wildman–Crippen MR) is 256 cm³/mol. The van der Waals surface area contributed by atoms with Gasteiger partial charge in [-0.1, -0.05) is 178 Å². The van der Waals surface area contributed by atoms with Crippen molar-refractivity contribution < 1.29 is 37.3 Å². The second-order valence-corrected chi connectivity index (χ2v) is 19.3. The fourth-order valence-electron chi connectivity index (χ4n) is 6.73. The number of carbonyl (C=O) groups excluding carboxylic acids is 1. The van der Waals surface area contributed by atoms with Crippen LogP contribution in [0.5, 0.6) is 0 Å². The highest BCUT2D eigenvalue weighted by molar-refractivity contribution is 7.47. The van der Waals surface area contributed by atoms with Crippen molar-refractivity contribution in [3.63, 3.8) is 0 Å². The second-order valence-electron chi connectivity index (χ2n) is 17.8. The molecule has 0 fully saturated rings. The standard InChI is InChI=1S/C51H96NO7P/c1-6-8-10-12-14-16-18-20-22-24-26-27-29-31-33-35-37-39-41-43-46-56-48-50(49-58-60(54,55)57-47-45-52(3,4)5)59-51(53)44-42-40-38-36-34-32-30-28-25-23-21-19-17-15-13-11-9-7-2/h14,16-17,19-20,22-23,25,50H,6-13,15,18,21,24,26-49H2,1-5H3/p+1/b16-14-,19-17-,22-20-,25-23-. The molecule has 60 heavy (non-hydrogen) atoms. The first kappa shape index (κ1) is 58.5. The number of carbonyl (C=O) groups is 1. The summed E-state index contributed by atoms with van der Waals surface area (Å²) in [6.07, 6.45) is 54.3. The van der Waals surface area contributed by atoms with Gasteiger partial charge in [-0.15, -0.1) is 0 Å². The van der Waals surface area contributed by atoms with E-state index in [1.165, 1.54) is 141 Å². The van der Waals surface area contributed by atoms with Gasteiger partial charge in [-0.3, -0.25) is 13.8 Å². The molecule has 0 aliphatic rings. The Bertz CT molecular complexity index is 1100. The summed E-state index contributed by atoms with van der Waals surface area (Å²) in [4.78, 5) is 23.0. The zero-order valence-electron chi connectivity index (χ0n) is 39.9. The van der Waals surface area contributed by atoms with Gasteiger partial charge in [0, 0.05) is 13.0 Å². The predicted octanol–water partition coefficient (Wildman–Crippen LogP) is 15.1. The molecular formula is C51H97NO7P+. The molecule has 1 N–H and O–H groups in total. The third-order valence-corrected chi connectivity index (χ3v) is 11.6. The zero-order chi connectivity index (χ0) is 44.1. The minimum Gasteiger partial charge on any atom is -0.457 e. The third-order valence-electron chi connectivity index (χ3n) is 10.6. The summed E-state index contributed by atoms with van der Waals surface area (Å²) in [5, 5.41) is 0. The van der Waals surface area contributed by atoms with Crippen LogP contribution >= 0.6 is 7.82 Å². The maximum Gasteiger partial charge on any atom is 0.472 e. The van der Waals surface area contributed by atoms with E-state index in [2.05, 4.69) is 62.5 Å². The maximum absolute atomic E-state index is 12.7. The minimum atomic E-state index is -4.28.